The molecule has 1 amide bonds. The third kappa shape index (κ3) is 5.62. The van der Waals surface area contributed by atoms with Crippen molar-refractivity contribution in [2.75, 3.05) is 5.32 Å². The molecule has 0 saturated heterocycles. The van der Waals surface area contributed by atoms with Crippen LogP contribution in [0.25, 0.3) is 0 Å². The molecule has 0 aliphatic carbocycles. The Morgan fingerprint density at radius 2 is 1.75 bits per heavy atom. The molecule has 2 N–H and O–H groups in total. The Labute approximate surface area is 165 Å². The summed E-state index contributed by atoms with van der Waals surface area (Å²) in [6.07, 6.45) is 3.48. The number of amides is 1. The second-order valence-electron chi connectivity index (χ2n) is 6.59. The van der Waals surface area contributed by atoms with E-state index in [1.165, 1.54) is 0 Å². The zero-order valence-electron chi connectivity index (χ0n) is 16.1. The number of nitrogens with one attached hydrogen (secondary N) is 2. The van der Waals surface area contributed by atoms with E-state index >= 15 is 0 Å². The van der Waals surface area contributed by atoms with Gasteiger partial charge in [0.15, 0.2) is 0 Å². The Bertz CT molecular complexity index is 913. The number of benzene rings is 2. The summed E-state index contributed by atoms with van der Waals surface area (Å²) in [6, 6.07) is 17.0. The van der Waals surface area contributed by atoms with Gasteiger partial charge in [-0.1, -0.05) is 30.3 Å². The maximum absolute atomic E-state index is 12.6. The minimum atomic E-state index is -0.141. The predicted octanol–water partition coefficient (Wildman–Crippen LogP) is 4.08. The Morgan fingerprint density at radius 1 is 1.00 bits per heavy atom. The number of carbonyl (C=O) groups is 1. The van der Waals surface area contributed by atoms with Crippen molar-refractivity contribution in [1.29, 1.82) is 0 Å². The second kappa shape index (κ2) is 9.62. The van der Waals surface area contributed by atoms with Crippen molar-refractivity contribution in [2.24, 2.45) is 0 Å². The molecule has 0 unspecified atom stereocenters. The van der Waals surface area contributed by atoms with Gasteiger partial charge >= 0.3 is 0 Å². The van der Waals surface area contributed by atoms with Gasteiger partial charge in [-0.15, -0.1) is 0 Å². The molecule has 0 saturated carbocycles. The number of hydrogen-bond acceptors (Lipinski definition) is 5. The van der Waals surface area contributed by atoms with Crippen LogP contribution < -0.4 is 10.6 Å². The summed E-state index contributed by atoms with van der Waals surface area (Å²) in [5.41, 5.74) is 3.44. The van der Waals surface area contributed by atoms with Gasteiger partial charge in [0.2, 0.25) is 5.95 Å². The molecule has 0 aliphatic heterocycles. The number of ether oxygens (including phenoxy) is 1. The third-order valence-corrected chi connectivity index (χ3v) is 4.08. The van der Waals surface area contributed by atoms with Gasteiger partial charge in [0, 0.05) is 30.2 Å². The third-order valence-electron chi connectivity index (χ3n) is 4.08. The van der Waals surface area contributed by atoms with Crippen LogP contribution in [0, 0.1) is 0 Å². The van der Waals surface area contributed by atoms with Gasteiger partial charge in [-0.2, -0.15) is 0 Å². The van der Waals surface area contributed by atoms with Gasteiger partial charge in [-0.25, -0.2) is 9.97 Å². The highest BCUT2D eigenvalue weighted by Gasteiger charge is 2.09. The van der Waals surface area contributed by atoms with E-state index in [2.05, 4.69) is 20.6 Å². The Kier molecular flexibility index (Phi) is 6.70. The summed E-state index contributed by atoms with van der Waals surface area (Å²) in [7, 11) is 0. The standard InChI is InChI=1S/C22H24N4O2/c1-16(2)28-15-19-8-4-3-7-18(19)14-25-21(27)17-9-5-10-20(13-17)26-22-23-11-6-12-24-22/h3-13,16H,14-15H2,1-2H3,(H,25,27)(H,23,24,26). The van der Waals surface area contributed by atoms with Gasteiger partial charge in [0.25, 0.3) is 5.91 Å². The number of carbonyl (C=O) groups excluding carboxylic acids is 1. The molecule has 28 heavy (non-hydrogen) atoms. The van der Waals surface area contributed by atoms with Crippen LogP contribution in [-0.2, 0) is 17.9 Å². The molecule has 2 aromatic carbocycles. The highest BCUT2D eigenvalue weighted by atomic mass is 16.5. The molecule has 1 aromatic heterocycles. The first-order valence-corrected chi connectivity index (χ1v) is 9.22. The van der Waals surface area contributed by atoms with Crippen LogP contribution in [0.5, 0.6) is 0 Å². The highest BCUT2D eigenvalue weighted by molar-refractivity contribution is 5.95. The highest BCUT2D eigenvalue weighted by Crippen LogP contribution is 2.15. The van der Waals surface area contributed by atoms with Crippen LogP contribution >= 0.6 is 0 Å². The van der Waals surface area contributed by atoms with E-state index in [1.807, 2.05) is 50.2 Å². The molecule has 3 rings (SSSR count). The summed E-state index contributed by atoms with van der Waals surface area (Å²) >= 11 is 0. The Hall–Kier alpha value is -3.25. The van der Waals surface area contributed by atoms with Crippen LogP contribution in [0.4, 0.5) is 11.6 Å². The summed E-state index contributed by atoms with van der Waals surface area (Å²) in [6.45, 7) is 4.98. The number of hydrogen-bond donors (Lipinski definition) is 2. The minimum absolute atomic E-state index is 0.141. The molecule has 3 aromatic rings. The first-order chi connectivity index (χ1) is 13.6. The second-order valence-corrected chi connectivity index (χ2v) is 6.59. The summed E-state index contributed by atoms with van der Waals surface area (Å²) in [4.78, 5) is 20.9. The molecule has 0 spiro atoms. The van der Waals surface area contributed by atoms with Crippen molar-refractivity contribution >= 4 is 17.5 Å². The van der Waals surface area contributed by atoms with Gasteiger partial charge in [0.1, 0.15) is 0 Å². The molecule has 1 heterocycles. The van der Waals surface area contributed by atoms with E-state index in [0.717, 1.165) is 16.8 Å². The zero-order valence-corrected chi connectivity index (χ0v) is 16.1. The molecule has 0 bridgehead atoms. The van der Waals surface area contributed by atoms with Gasteiger partial charge in [0.05, 0.1) is 12.7 Å². The van der Waals surface area contributed by atoms with E-state index in [0.29, 0.717) is 24.7 Å². The zero-order chi connectivity index (χ0) is 19.8. The van der Waals surface area contributed by atoms with Crippen molar-refractivity contribution in [2.45, 2.75) is 33.1 Å². The lowest BCUT2D eigenvalue weighted by Crippen LogP contribution is -2.23. The number of anilines is 2. The lowest BCUT2D eigenvalue weighted by Gasteiger charge is -2.13. The van der Waals surface area contributed by atoms with Crippen LogP contribution in [-0.4, -0.2) is 22.0 Å². The van der Waals surface area contributed by atoms with Gasteiger partial charge in [-0.3, -0.25) is 4.79 Å². The van der Waals surface area contributed by atoms with Crippen molar-refractivity contribution < 1.29 is 9.53 Å². The molecule has 144 valence electrons. The van der Waals surface area contributed by atoms with E-state index in [4.69, 9.17) is 4.74 Å². The van der Waals surface area contributed by atoms with E-state index in [1.54, 1.807) is 30.6 Å². The van der Waals surface area contributed by atoms with Crippen LogP contribution in [0.3, 0.4) is 0 Å². The number of nitrogens with zero attached hydrogens (tertiary/aromatic N) is 2. The van der Waals surface area contributed by atoms with E-state index in [-0.39, 0.29) is 12.0 Å². The quantitative estimate of drug-likeness (QED) is 0.620. The van der Waals surface area contributed by atoms with E-state index < -0.39 is 0 Å². The SMILES string of the molecule is CC(C)OCc1ccccc1CNC(=O)c1cccc(Nc2ncccn2)c1. The lowest BCUT2D eigenvalue weighted by molar-refractivity contribution is 0.0651. The average molecular weight is 376 g/mol. The fraction of sp³-hybridized carbons (Fsp3) is 0.227. The van der Waals surface area contributed by atoms with Crippen molar-refractivity contribution in [3.05, 3.63) is 83.7 Å². The van der Waals surface area contributed by atoms with Crippen molar-refractivity contribution in [1.82, 2.24) is 15.3 Å². The summed E-state index contributed by atoms with van der Waals surface area (Å²) in [5.74, 6) is 0.344. The summed E-state index contributed by atoms with van der Waals surface area (Å²) < 4.78 is 5.70. The topological polar surface area (TPSA) is 76.1 Å². The predicted molar refractivity (Wildman–Crippen MR) is 109 cm³/mol. The first-order valence-electron chi connectivity index (χ1n) is 9.22. The minimum Gasteiger partial charge on any atom is -0.374 e. The van der Waals surface area contributed by atoms with Crippen LogP contribution in [0.1, 0.15) is 35.3 Å². The Morgan fingerprint density at radius 3 is 2.50 bits per heavy atom. The monoisotopic (exact) mass is 376 g/mol. The molecular formula is C22H24N4O2. The summed E-state index contributed by atoms with van der Waals surface area (Å²) in [5, 5.41) is 6.07. The molecular weight excluding hydrogens is 352 g/mol. The van der Waals surface area contributed by atoms with Crippen LogP contribution in [0.2, 0.25) is 0 Å². The molecule has 0 atom stereocenters. The Balaban J connectivity index is 1.63. The van der Waals surface area contributed by atoms with Gasteiger partial charge < -0.3 is 15.4 Å². The van der Waals surface area contributed by atoms with Crippen molar-refractivity contribution in [3.63, 3.8) is 0 Å². The first kappa shape index (κ1) is 19.5. The lowest BCUT2D eigenvalue weighted by atomic mass is 10.1. The van der Waals surface area contributed by atoms with Crippen molar-refractivity contribution in [3.8, 4) is 0 Å². The normalized spacial score (nSPS) is 10.7. The maximum Gasteiger partial charge on any atom is 0.251 e. The van der Waals surface area contributed by atoms with Gasteiger partial charge in [-0.05, 0) is 49.2 Å². The number of aromatic nitrogens is 2. The largest absolute Gasteiger partial charge is 0.374 e. The average Bonchev–Trinajstić information content (AvgIpc) is 2.72. The molecule has 0 fully saturated rings. The molecule has 6 nitrogen and oxygen atoms in total. The fourth-order valence-corrected chi connectivity index (χ4v) is 2.64. The van der Waals surface area contributed by atoms with Crippen LogP contribution in [0.15, 0.2) is 67.0 Å². The fourth-order valence-electron chi connectivity index (χ4n) is 2.64. The molecule has 6 heteroatoms. The molecule has 0 aliphatic rings. The molecule has 0 radical (unpaired) electrons. The maximum atomic E-state index is 12.6. The smallest absolute Gasteiger partial charge is 0.251 e. The number of rotatable bonds is 8. The van der Waals surface area contributed by atoms with E-state index in [9.17, 15) is 4.79 Å².